The Balaban J connectivity index is 1.61. The average Bonchev–Trinajstić information content (AvgIpc) is 0.838. The molecule has 0 radical (unpaired) electrons. The molecule has 0 saturated carbocycles. The second-order valence-electron chi connectivity index (χ2n) is 27.4. The summed E-state index contributed by atoms with van der Waals surface area (Å²) in [6.45, 7) is 5.03. The molecule has 0 aliphatic carbocycles. The van der Waals surface area contributed by atoms with Gasteiger partial charge in [0.2, 0.25) is 23.6 Å². The average molecular weight is 1430 g/mol. The quantitative estimate of drug-likeness (QED) is 0.0387. The third-order valence-electron chi connectivity index (χ3n) is 18.9. The van der Waals surface area contributed by atoms with Gasteiger partial charge in [-0.3, -0.25) is 43.3 Å². The van der Waals surface area contributed by atoms with E-state index in [4.69, 9.17) is 33.2 Å². The van der Waals surface area contributed by atoms with Crippen molar-refractivity contribution in [3.63, 3.8) is 0 Å². The lowest BCUT2D eigenvalue weighted by Gasteiger charge is -2.40. The van der Waals surface area contributed by atoms with Gasteiger partial charge < -0.3 is 100 Å². The summed E-state index contributed by atoms with van der Waals surface area (Å²) in [7, 11) is 1.68. The highest BCUT2D eigenvalue weighted by atomic mass is 16.7. The summed E-state index contributed by atoms with van der Waals surface area (Å²) in [5.41, 5.74) is 0. The van der Waals surface area contributed by atoms with Crippen LogP contribution in [-0.2, 0) is 71.5 Å². The number of Topliss-reactive ketones (excluding diaryl/α,β-unsaturated/α-hetero) is 4. The fourth-order valence-corrected chi connectivity index (χ4v) is 12.3. The van der Waals surface area contributed by atoms with Crippen LogP contribution in [0.1, 0.15) is 213 Å². The van der Waals surface area contributed by atoms with E-state index in [9.17, 15) is 84.3 Å². The van der Waals surface area contributed by atoms with Crippen LogP contribution in [0.2, 0.25) is 0 Å². The molecule has 3 rings (SSSR count). The molecule has 16 atom stereocenters. The van der Waals surface area contributed by atoms with Crippen molar-refractivity contribution >= 4 is 46.8 Å². The van der Waals surface area contributed by atoms with Gasteiger partial charge in [0.15, 0.2) is 18.9 Å². The largest absolute Gasteiger partial charge is 0.394 e. The topological polar surface area (TPSA) is 435 Å². The summed E-state index contributed by atoms with van der Waals surface area (Å²) >= 11 is 0. The van der Waals surface area contributed by atoms with Gasteiger partial charge in [0, 0.05) is 122 Å². The Labute approximate surface area is 591 Å². The number of unbranched alkanes of at least 4 members (excludes halogenated alkanes) is 15. The smallest absolute Gasteiger partial charge is 0.239 e. The van der Waals surface area contributed by atoms with Crippen LogP contribution in [0.3, 0.4) is 0 Å². The van der Waals surface area contributed by atoms with Gasteiger partial charge >= 0.3 is 0 Å². The van der Waals surface area contributed by atoms with E-state index < -0.39 is 160 Å². The van der Waals surface area contributed by atoms with E-state index in [1.165, 1.54) is 4.90 Å². The Morgan fingerprint density at radius 1 is 0.370 bits per heavy atom. The highest BCUT2D eigenvalue weighted by Gasteiger charge is 2.45. The molecule has 3 fully saturated rings. The van der Waals surface area contributed by atoms with E-state index in [1.54, 1.807) is 27.9 Å². The molecular formula is C71H127N5O24. The molecule has 29 heteroatoms. The van der Waals surface area contributed by atoms with E-state index in [1.807, 2.05) is 0 Å². The van der Waals surface area contributed by atoms with Gasteiger partial charge in [0.1, 0.15) is 59.8 Å². The fraction of sp³-hybridized carbons (Fsp3) is 0.887. The van der Waals surface area contributed by atoms with E-state index in [0.29, 0.717) is 117 Å². The first-order chi connectivity index (χ1) is 48.1. The van der Waals surface area contributed by atoms with E-state index >= 15 is 0 Å². The van der Waals surface area contributed by atoms with Crippen LogP contribution in [-0.4, -0.2) is 270 Å². The van der Waals surface area contributed by atoms with Crippen LogP contribution in [0.25, 0.3) is 0 Å². The number of ether oxygens (including phenoxy) is 7. The third-order valence-corrected chi connectivity index (χ3v) is 18.9. The van der Waals surface area contributed by atoms with Crippen molar-refractivity contribution in [1.82, 2.24) is 26.2 Å². The molecule has 0 aromatic carbocycles. The zero-order chi connectivity index (χ0) is 73.6. The first-order valence-electron chi connectivity index (χ1n) is 37.2. The molecule has 13 N–H and O–H groups in total. The SMILES string of the molecule is COCCCCCCCC(=O)CCCC(=O)CCCCCC(C(=O)NCC(=O)NCCCCCCO[C@@H]1OC(CO)[C@H](O)[C@H](O)C1C)N(CC(=O)CCC(=O)NCCCCCCO[C@@H]1OC(CO)[C@H](O)[C@H](O)C1C)CC(=O)CCC(=O)NCCCCCCO[C@@H]1OC(CO)[C@H](O)[C@H](O)C1C. The number of methoxy groups -OCH3 is 1. The first-order valence-corrected chi connectivity index (χ1v) is 37.2. The second kappa shape index (κ2) is 53.6. The van der Waals surface area contributed by atoms with Gasteiger partial charge in [0.25, 0.3) is 0 Å². The predicted octanol–water partition coefficient (Wildman–Crippen LogP) is 2.02. The molecule has 29 nitrogen and oxygen atoms in total. The predicted molar refractivity (Wildman–Crippen MR) is 366 cm³/mol. The van der Waals surface area contributed by atoms with E-state index in [-0.39, 0.29) is 68.3 Å². The van der Waals surface area contributed by atoms with Gasteiger partial charge in [-0.05, 0) is 70.6 Å². The number of hydrogen-bond acceptors (Lipinski definition) is 25. The summed E-state index contributed by atoms with van der Waals surface area (Å²) in [5.74, 6) is -4.10. The number of aliphatic hydroxyl groups excluding tert-OH is 9. The standard InChI is InChI=1S/C71H127N5O24/c1-48-62(87)65(90)56(45-77)98-69(48)95-39-22-11-7-18-35-72-59(84)33-31-53(82)43-76(44-54(83)32-34-60(85)73-36-19-8-12-23-40-96-70-49(2)63(88)66(91)57(46-78)99-70)55(30-17-14-16-27-52(81)29-25-28-51(80)26-15-6-5-10-21-38-94-4)68(93)75-42-61(86)74-37-20-9-13-24-41-97-71-50(3)64(89)67(92)58(47-79)100-71/h48-50,55-58,62-67,69-71,77-79,87-92H,5-47H2,1-4H3,(H,72,84)(H,73,85)(H,74,86)(H,75,93)/t48?,49?,50?,55?,56?,57?,58?,62-,63-,64-,65+,66+,67+,69-,70-,71-/m1/s1. The van der Waals surface area contributed by atoms with Crippen molar-refractivity contribution < 1.29 is 117 Å². The van der Waals surface area contributed by atoms with Gasteiger partial charge in [-0.15, -0.1) is 0 Å². The Morgan fingerprint density at radius 3 is 1.08 bits per heavy atom. The molecule has 100 heavy (non-hydrogen) atoms. The lowest BCUT2D eigenvalue weighted by atomic mass is 9.92. The minimum Gasteiger partial charge on any atom is -0.394 e. The highest BCUT2D eigenvalue weighted by molar-refractivity contribution is 5.91. The summed E-state index contributed by atoms with van der Waals surface area (Å²) in [6.07, 6.45) is 3.36. The van der Waals surface area contributed by atoms with Crippen molar-refractivity contribution in [2.24, 2.45) is 17.8 Å². The summed E-state index contributed by atoms with van der Waals surface area (Å²) < 4.78 is 39.3. The van der Waals surface area contributed by atoms with Gasteiger partial charge in [-0.2, -0.15) is 0 Å². The van der Waals surface area contributed by atoms with Crippen LogP contribution < -0.4 is 21.3 Å². The molecular weight excluding hydrogens is 1310 g/mol. The number of carbonyl (C=O) groups is 8. The molecule has 3 saturated heterocycles. The Morgan fingerprint density at radius 2 is 0.700 bits per heavy atom. The molecule has 580 valence electrons. The number of hydrogen-bond donors (Lipinski definition) is 13. The zero-order valence-corrected chi connectivity index (χ0v) is 60.2. The Hall–Kier alpha value is -4.12. The lowest BCUT2D eigenvalue weighted by Crippen LogP contribution is -2.55. The Bertz CT molecular complexity index is 2210. The molecule has 0 aromatic rings. The third kappa shape index (κ3) is 36.5. The molecule has 0 aromatic heterocycles. The number of nitrogens with zero attached hydrogens (tertiary/aromatic N) is 1. The van der Waals surface area contributed by atoms with Crippen molar-refractivity contribution in [1.29, 1.82) is 0 Å². The maximum atomic E-state index is 14.4. The number of rotatable bonds is 59. The molecule has 3 aliphatic rings. The van der Waals surface area contributed by atoms with Crippen molar-refractivity contribution in [3.05, 3.63) is 0 Å². The zero-order valence-electron chi connectivity index (χ0n) is 60.2. The maximum absolute atomic E-state index is 14.4. The van der Waals surface area contributed by atoms with Crippen molar-refractivity contribution in [2.75, 3.05) is 92.6 Å². The van der Waals surface area contributed by atoms with Crippen LogP contribution >= 0.6 is 0 Å². The summed E-state index contributed by atoms with van der Waals surface area (Å²) in [4.78, 5) is 108. The lowest BCUT2D eigenvalue weighted by molar-refractivity contribution is -0.282. The maximum Gasteiger partial charge on any atom is 0.239 e. The normalized spacial score (nSPS) is 25.7. The molecule has 3 aliphatic heterocycles. The minimum absolute atomic E-state index is 0.0169. The Kier molecular flexibility index (Phi) is 48.3. The molecule has 0 spiro atoms. The first kappa shape index (κ1) is 90.1. The number of carbonyl (C=O) groups excluding carboxylic acids is 8. The van der Waals surface area contributed by atoms with Crippen LogP contribution in [0.15, 0.2) is 0 Å². The molecule has 3 heterocycles. The van der Waals surface area contributed by atoms with E-state index in [2.05, 4.69) is 21.3 Å². The van der Waals surface area contributed by atoms with Gasteiger partial charge in [0.05, 0.1) is 63.8 Å². The summed E-state index contributed by atoms with van der Waals surface area (Å²) in [6, 6.07) is -1.12. The number of amides is 4. The van der Waals surface area contributed by atoms with Crippen LogP contribution in [0.4, 0.5) is 0 Å². The van der Waals surface area contributed by atoms with Gasteiger partial charge in [-0.1, -0.05) is 91.4 Å². The fourth-order valence-electron chi connectivity index (χ4n) is 12.3. The molecule has 4 amide bonds. The monoisotopic (exact) mass is 1430 g/mol. The number of ketones is 4. The van der Waals surface area contributed by atoms with Crippen molar-refractivity contribution in [3.8, 4) is 0 Å². The number of aliphatic hydroxyl groups is 9. The second-order valence-corrected chi connectivity index (χ2v) is 27.4. The summed E-state index contributed by atoms with van der Waals surface area (Å²) in [5, 5.41) is 101. The van der Waals surface area contributed by atoms with Crippen LogP contribution in [0, 0.1) is 17.8 Å². The minimum atomic E-state index is -1.23. The van der Waals surface area contributed by atoms with Gasteiger partial charge in [-0.25, -0.2) is 0 Å². The molecule has 7 unspecified atom stereocenters. The molecule has 0 bridgehead atoms. The van der Waals surface area contributed by atoms with E-state index in [0.717, 1.165) is 77.2 Å². The van der Waals surface area contributed by atoms with Crippen LogP contribution in [0.5, 0.6) is 0 Å². The van der Waals surface area contributed by atoms with Crippen molar-refractivity contribution in [2.45, 2.75) is 293 Å². The highest BCUT2D eigenvalue weighted by Crippen LogP contribution is 2.30. The number of nitrogens with one attached hydrogen (secondary N) is 4.